The molecule has 0 aliphatic carbocycles. The molecule has 17 heavy (non-hydrogen) atoms. The summed E-state index contributed by atoms with van der Waals surface area (Å²) in [5, 5.41) is 8.50. The van der Waals surface area contributed by atoms with Crippen molar-refractivity contribution in [2.75, 3.05) is 19.8 Å². The van der Waals surface area contributed by atoms with Crippen LogP contribution in [0.15, 0.2) is 24.3 Å². The number of carbonyl (C=O) groups is 1. The summed E-state index contributed by atoms with van der Waals surface area (Å²) in [6.45, 7) is 1.35. The Kier molecular flexibility index (Phi) is 6.47. The first-order chi connectivity index (χ1) is 8.27. The third-order valence-corrected chi connectivity index (χ3v) is 2.44. The second-order valence-corrected chi connectivity index (χ2v) is 3.76. The van der Waals surface area contributed by atoms with E-state index in [0.717, 1.165) is 5.56 Å². The van der Waals surface area contributed by atoms with Crippen molar-refractivity contribution in [3.8, 4) is 0 Å². The Morgan fingerprint density at radius 1 is 1.24 bits per heavy atom. The van der Waals surface area contributed by atoms with Gasteiger partial charge in [-0.2, -0.15) is 0 Å². The molecule has 0 bridgehead atoms. The zero-order valence-electron chi connectivity index (χ0n) is 9.89. The van der Waals surface area contributed by atoms with E-state index in [1.807, 2.05) is 12.1 Å². The molecule has 1 aromatic carbocycles. The lowest BCUT2D eigenvalue weighted by atomic mass is 10.1. The fourth-order valence-corrected chi connectivity index (χ4v) is 1.47. The Hall–Kier alpha value is -1.23. The number of Topliss-reactive ketones (excluding diaryl/α,β-unsaturated/α-hetero) is 1. The molecule has 1 aromatic rings. The Morgan fingerprint density at radius 3 is 2.53 bits per heavy atom. The second kappa shape index (κ2) is 7.95. The lowest BCUT2D eigenvalue weighted by Gasteiger charge is -2.03. The van der Waals surface area contributed by atoms with E-state index >= 15 is 0 Å². The lowest BCUT2D eigenvalue weighted by molar-refractivity contribution is 0.0832. The summed E-state index contributed by atoms with van der Waals surface area (Å²) in [5.74, 6) is 0.112. The smallest absolute Gasteiger partial charge is 0.162 e. The molecule has 0 aliphatic heterocycles. The van der Waals surface area contributed by atoms with Gasteiger partial charge in [0.05, 0.1) is 13.2 Å². The average Bonchev–Trinajstić information content (AvgIpc) is 2.38. The zero-order chi connectivity index (χ0) is 12.5. The van der Waals surface area contributed by atoms with Gasteiger partial charge in [0.15, 0.2) is 5.78 Å². The zero-order valence-corrected chi connectivity index (χ0v) is 9.89. The van der Waals surface area contributed by atoms with Crippen molar-refractivity contribution < 1.29 is 14.6 Å². The minimum absolute atomic E-state index is 0.0223. The molecular weight excluding hydrogens is 218 g/mol. The number of hydrogen-bond donors (Lipinski definition) is 2. The normalized spacial score (nSPS) is 10.5. The summed E-state index contributed by atoms with van der Waals surface area (Å²) in [6, 6.07) is 7.35. The molecule has 3 N–H and O–H groups in total. The number of nitrogens with two attached hydrogens (primary N) is 1. The van der Waals surface area contributed by atoms with Crippen LogP contribution in [-0.4, -0.2) is 30.7 Å². The van der Waals surface area contributed by atoms with E-state index in [9.17, 15) is 4.79 Å². The third kappa shape index (κ3) is 5.08. The summed E-state index contributed by atoms with van der Waals surface area (Å²) in [5.41, 5.74) is 7.21. The van der Waals surface area contributed by atoms with Crippen molar-refractivity contribution >= 4 is 5.78 Å². The Bertz CT molecular complexity index is 335. The lowest BCUT2D eigenvalue weighted by Crippen LogP contribution is -2.05. The Labute approximate surface area is 101 Å². The monoisotopic (exact) mass is 237 g/mol. The molecule has 0 amide bonds. The summed E-state index contributed by atoms with van der Waals surface area (Å²) in [4.78, 5) is 11.7. The summed E-state index contributed by atoms with van der Waals surface area (Å²) < 4.78 is 5.09. The minimum atomic E-state index is 0.0223. The first kappa shape index (κ1) is 13.8. The van der Waals surface area contributed by atoms with Crippen LogP contribution in [0.4, 0.5) is 0 Å². The van der Waals surface area contributed by atoms with Crippen LogP contribution in [-0.2, 0) is 11.3 Å². The average molecular weight is 237 g/mol. The van der Waals surface area contributed by atoms with Gasteiger partial charge in [-0.3, -0.25) is 4.79 Å². The highest BCUT2D eigenvalue weighted by atomic mass is 16.5. The van der Waals surface area contributed by atoms with Gasteiger partial charge in [-0.25, -0.2) is 0 Å². The van der Waals surface area contributed by atoms with E-state index in [0.29, 0.717) is 38.2 Å². The van der Waals surface area contributed by atoms with Crippen LogP contribution >= 0.6 is 0 Å². The number of aliphatic hydroxyl groups is 1. The molecule has 1 rings (SSSR count). The van der Waals surface area contributed by atoms with Crippen LogP contribution in [0.2, 0.25) is 0 Å². The molecule has 0 aromatic heterocycles. The van der Waals surface area contributed by atoms with Crippen molar-refractivity contribution in [2.24, 2.45) is 5.73 Å². The van der Waals surface area contributed by atoms with Gasteiger partial charge in [-0.05, 0) is 12.0 Å². The van der Waals surface area contributed by atoms with Crippen LogP contribution in [0.1, 0.15) is 28.8 Å². The number of rotatable bonds is 8. The number of carbonyl (C=O) groups excluding carboxylic acids is 1. The molecule has 94 valence electrons. The molecule has 0 saturated carbocycles. The van der Waals surface area contributed by atoms with Gasteiger partial charge in [0.2, 0.25) is 0 Å². The van der Waals surface area contributed by atoms with Crippen molar-refractivity contribution in [3.63, 3.8) is 0 Å². The number of aliphatic hydroxyl groups excluding tert-OH is 1. The van der Waals surface area contributed by atoms with Crippen LogP contribution in [0, 0.1) is 0 Å². The maximum atomic E-state index is 11.7. The molecule has 0 unspecified atom stereocenters. The molecule has 4 nitrogen and oxygen atoms in total. The highest BCUT2D eigenvalue weighted by Gasteiger charge is 2.05. The van der Waals surface area contributed by atoms with E-state index in [-0.39, 0.29) is 12.4 Å². The van der Waals surface area contributed by atoms with Gasteiger partial charge in [0.1, 0.15) is 0 Å². The summed E-state index contributed by atoms with van der Waals surface area (Å²) in [7, 11) is 0. The SMILES string of the molecule is NCc1ccc(C(=O)CCCOCCO)cc1. The molecule has 4 heteroatoms. The first-order valence-corrected chi connectivity index (χ1v) is 5.78. The fraction of sp³-hybridized carbons (Fsp3) is 0.462. The van der Waals surface area contributed by atoms with Gasteiger partial charge >= 0.3 is 0 Å². The Morgan fingerprint density at radius 2 is 1.94 bits per heavy atom. The predicted octanol–water partition coefficient (Wildman–Crippen LogP) is 1.12. The summed E-state index contributed by atoms with van der Waals surface area (Å²) in [6.07, 6.45) is 1.14. The number of hydrogen-bond acceptors (Lipinski definition) is 4. The highest BCUT2D eigenvalue weighted by Crippen LogP contribution is 2.08. The summed E-state index contributed by atoms with van der Waals surface area (Å²) >= 11 is 0. The molecule has 0 heterocycles. The van der Waals surface area contributed by atoms with Crippen molar-refractivity contribution in [2.45, 2.75) is 19.4 Å². The van der Waals surface area contributed by atoms with Gasteiger partial charge in [0, 0.05) is 25.1 Å². The maximum absolute atomic E-state index is 11.7. The number of benzene rings is 1. The standard InChI is InChI=1S/C13H19NO3/c14-10-11-3-5-12(6-4-11)13(16)2-1-8-17-9-7-15/h3-6,15H,1-2,7-10,14H2. The minimum Gasteiger partial charge on any atom is -0.394 e. The highest BCUT2D eigenvalue weighted by molar-refractivity contribution is 5.96. The van der Waals surface area contributed by atoms with Crippen molar-refractivity contribution in [1.82, 2.24) is 0 Å². The molecule has 0 spiro atoms. The van der Waals surface area contributed by atoms with Gasteiger partial charge in [-0.15, -0.1) is 0 Å². The van der Waals surface area contributed by atoms with E-state index in [1.54, 1.807) is 12.1 Å². The molecule has 0 fully saturated rings. The molecule has 0 radical (unpaired) electrons. The van der Waals surface area contributed by atoms with E-state index < -0.39 is 0 Å². The topological polar surface area (TPSA) is 72.6 Å². The maximum Gasteiger partial charge on any atom is 0.162 e. The molecular formula is C13H19NO3. The Balaban J connectivity index is 2.31. The van der Waals surface area contributed by atoms with E-state index in [4.69, 9.17) is 15.6 Å². The van der Waals surface area contributed by atoms with Crippen molar-refractivity contribution in [3.05, 3.63) is 35.4 Å². The second-order valence-electron chi connectivity index (χ2n) is 3.76. The molecule has 0 atom stereocenters. The molecule has 0 aliphatic rings. The van der Waals surface area contributed by atoms with Crippen LogP contribution in [0.3, 0.4) is 0 Å². The van der Waals surface area contributed by atoms with Gasteiger partial charge in [-0.1, -0.05) is 24.3 Å². The third-order valence-electron chi connectivity index (χ3n) is 2.44. The molecule has 0 saturated heterocycles. The predicted molar refractivity (Wildman–Crippen MR) is 65.8 cm³/mol. The van der Waals surface area contributed by atoms with Crippen molar-refractivity contribution in [1.29, 1.82) is 0 Å². The van der Waals surface area contributed by atoms with E-state index in [2.05, 4.69) is 0 Å². The van der Waals surface area contributed by atoms with Gasteiger partial charge in [0.25, 0.3) is 0 Å². The fourth-order valence-electron chi connectivity index (χ4n) is 1.47. The first-order valence-electron chi connectivity index (χ1n) is 5.78. The van der Waals surface area contributed by atoms with Gasteiger partial charge < -0.3 is 15.6 Å². The van der Waals surface area contributed by atoms with Crippen LogP contribution in [0.25, 0.3) is 0 Å². The number of ketones is 1. The van der Waals surface area contributed by atoms with E-state index in [1.165, 1.54) is 0 Å². The number of ether oxygens (including phenoxy) is 1. The van der Waals surface area contributed by atoms with Crippen LogP contribution < -0.4 is 5.73 Å². The quantitative estimate of drug-likeness (QED) is 0.525. The largest absolute Gasteiger partial charge is 0.394 e. The van der Waals surface area contributed by atoms with Crippen LogP contribution in [0.5, 0.6) is 0 Å².